The van der Waals surface area contributed by atoms with E-state index < -0.39 is 12.2 Å². The van der Waals surface area contributed by atoms with E-state index in [1.165, 1.54) is 0 Å². The number of halogens is 1. The molecule has 0 aliphatic rings. The molecular formula is C10H14ClNO2. The highest BCUT2D eigenvalue weighted by atomic mass is 35.5. The van der Waals surface area contributed by atoms with E-state index in [2.05, 4.69) is 0 Å². The molecule has 1 aromatic carbocycles. The smallest absolute Gasteiger partial charge is 0.106 e. The maximum absolute atomic E-state index is 9.71. The van der Waals surface area contributed by atoms with Gasteiger partial charge < -0.3 is 15.9 Å². The van der Waals surface area contributed by atoms with E-state index in [0.29, 0.717) is 10.6 Å². The highest BCUT2D eigenvalue weighted by molar-refractivity contribution is 6.31. The fraction of sp³-hybridized carbons (Fsp3) is 0.400. The van der Waals surface area contributed by atoms with Crippen LogP contribution < -0.4 is 5.73 Å². The largest absolute Gasteiger partial charge is 0.389 e. The van der Waals surface area contributed by atoms with E-state index >= 15 is 0 Å². The lowest BCUT2D eigenvalue weighted by Gasteiger charge is -2.18. The molecule has 0 radical (unpaired) electrons. The number of hydrogen-bond acceptors (Lipinski definition) is 3. The molecule has 4 heteroatoms. The van der Waals surface area contributed by atoms with E-state index in [4.69, 9.17) is 17.3 Å². The SMILES string of the molecule is Cc1c(Cl)cccc1C(O)C(O)CN. The van der Waals surface area contributed by atoms with Crippen LogP contribution in [-0.4, -0.2) is 22.9 Å². The second kappa shape index (κ2) is 4.75. The molecule has 0 heterocycles. The summed E-state index contributed by atoms with van der Waals surface area (Å²) in [5, 5.41) is 19.7. The maximum atomic E-state index is 9.71. The summed E-state index contributed by atoms with van der Waals surface area (Å²) < 4.78 is 0. The Morgan fingerprint density at radius 3 is 2.64 bits per heavy atom. The number of benzene rings is 1. The van der Waals surface area contributed by atoms with Gasteiger partial charge in [0.1, 0.15) is 6.10 Å². The van der Waals surface area contributed by atoms with Gasteiger partial charge >= 0.3 is 0 Å². The van der Waals surface area contributed by atoms with E-state index in [0.717, 1.165) is 5.56 Å². The minimum Gasteiger partial charge on any atom is -0.389 e. The molecule has 14 heavy (non-hydrogen) atoms. The lowest BCUT2D eigenvalue weighted by molar-refractivity contribution is 0.0240. The van der Waals surface area contributed by atoms with Crippen LogP contribution in [-0.2, 0) is 0 Å². The van der Waals surface area contributed by atoms with Crippen molar-refractivity contribution in [1.82, 2.24) is 0 Å². The van der Waals surface area contributed by atoms with Crippen molar-refractivity contribution < 1.29 is 10.2 Å². The molecule has 0 saturated carbocycles. The average Bonchev–Trinajstić information content (AvgIpc) is 2.20. The summed E-state index contributed by atoms with van der Waals surface area (Å²) >= 11 is 5.88. The first-order valence-electron chi connectivity index (χ1n) is 4.39. The van der Waals surface area contributed by atoms with Crippen LogP contribution in [0.25, 0.3) is 0 Å². The van der Waals surface area contributed by atoms with Crippen LogP contribution in [0.4, 0.5) is 0 Å². The second-order valence-corrected chi connectivity index (χ2v) is 3.61. The van der Waals surface area contributed by atoms with Crippen LogP contribution in [0.5, 0.6) is 0 Å². The van der Waals surface area contributed by atoms with Crippen molar-refractivity contribution in [3.05, 3.63) is 34.3 Å². The normalized spacial score (nSPS) is 15.2. The van der Waals surface area contributed by atoms with Crippen molar-refractivity contribution in [2.24, 2.45) is 5.73 Å². The molecular weight excluding hydrogens is 202 g/mol. The van der Waals surface area contributed by atoms with Crippen LogP contribution >= 0.6 is 11.6 Å². The van der Waals surface area contributed by atoms with Gasteiger partial charge in [-0.25, -0.2) is 0 Å². The summed E-state index contributed by atoms with van der Waals surface area (Å²) in [6.45, 7) is 1.82. The molecule has 2 atom stereocenters. The van der Waals surface area contributed by atoms with Crippen LogP contribution in [0.3, 0.4) is 0 Å². The fourth-order valence-corrected chi connectivity index (χ4v) is 1.46. The van der Waals surface area contributed by atoms with E-state index in [1.54, 1.807) is 25.1 Å². The van der Waals surface area contributed by atoms with Gasteiger partial charge in [0, 0.05) is 11.6 Å². The summed E-state index contributed by atoms with van der Waals surface area (Å²) in [5.41, 5.74) is 6.65. The third-order valence-corrected chi connectivity index (χ3v) is 2.64. The van der Waals surface area contributed by atoms with E-state index in [1.807, 2.05) is 0 Å². The molecule has 0 bridgehead atoms. The summed E-state index contributed by atoms with van der Waals surface area (Å²) in [5.74, 6) is 0. The predicted molar refractivity (Wildman–Crippen MR) is 56.2 cm³/mol. The minimum absolute atomic E-state index is 0.0210. The van der Waals surface area contributed by atoms with E-state index in [9.17, 15) is 10.2 Å². The fourth-order valence-electron chi connectivity index (χ4n) is 1.28. The van der Waals surface area contributed by atoms with Gasteiger partial charge in [-0.15, -0.1) is 0 Å². The average molecular weight is 216 g/mol. The van der Waals surface area contributed by atoms with Crippen molar-refractivity contribution in [2.45, 2.75) is 19.1 Å². The zero-order valence-electron chi connectivity index (χ0n) is 7.94. The topological polar surface area (TPSA) is 66.5 Å². The van der Waals surface area contributed by atoms with Crippen LogP contribution in [0.1, 0.15) is 17.2 Å². The molecule has 0 aromatic heterocycles. The van der Waals surface area contributed by atoms with Crippen LogP contribution in [0, 0.1) is 6.92 Å². The molecule has 1 rings (SSSR count). The molecule has 4 N–H and O–H groups in total. The third kappa shape index (κ3) is 2.25. The molecule has 0 fully saturated rings. The third-order valence-electron chi connectivity index (χ3n) is 2.23. The van der Waals surface area contributed by atoms with Crippen LogP contribution in [0.2, 0.25) is 5.02 Å². The molecule has 78 valence electrons. The number of rotatable bonds is 3. The Balaban J connectivity index is 3.01. The quantitative estimate of drug-likeness (QED) is 0.705. The van der Waals surface area contributed by atoms with Crippen molar-refractivity contribution in [1.29, 1.82) is 0 Å². The Bertz CT molecular complexity index is 317. The molecule has 0 aliphatic carbocycles. The first-order chi connectivity index (χ1) is 6.57. The second-order valence-electron chi connectivity index (χ2n) is 3.20. The zero-order valence-corrected chi connectivity index (χ0v) is 8.70. The first kappa shape index (κ1) is 11.5. The number of nitrogens with two attached hydrogens (primary N) is 1. The van der Waals surface area contributed by atoms with Crippen LogP contribution in [0.15, 0.2) is 18.2 Å². The van der Waals surface area contributed by atoms with E-state index in [-0.39, 0.29) is 6.54 Å². The molecule has 2 unspecified atom stereocenters. The predicted octanol–water partition coefficient (Wildman–Crippen LogP) is 1.00. The van der Waals surface area contributed by atoms with Gasteiger partial charge in [0.25, 0.3) is 0 Å². The Morgan fingerprint density at radius 2 is 2.07 bits per heavy atom. The van der Waals surface area contributed by atoms with Gasteiger partial charge in [-0.3, -0.25) is 0 Å². The molecule has 3 nitrogen and oxygen atoms in total. The molecule has 0 aliphatic heterocycles. The van der Waals surface area contributed by atoms with Gasteiger partial charge in [-0.2, -0.15) is 0 Å². The van der Waals surface area contributed by atoms with Gasteiger partial charge in [-0.05, 0) is 24.1 Å². The number of hydrogen-bond donors (Lipinski definition) is 3. The van der Waals surface area contributed by atoms with Crippen molar-refractivity contribution >= 4 is 11.6 Å². The lowest BCUT2D eigenvalue weighted by Crippen LogP contribution is -2.27. The summed E-state index contributed by atoms with van der Waals surface area (Å²) in [7, 11) is 0. The Morgan fingerprint density at radius 1 is 1.43 bits per heavy atom. The number of aliphatic hydroxyl groups excluding tert-OH is 2. The number of aliphatic hydroxyl groups is 2. The van der Waals surface area contributed by atoms with Gasteiger partial charge in [-0.1, -0.05) is 23.7 Å². The Kier molecular flexibility index (Phi) is 3.89. The summed E-state index contributed by atoms with van der Waals surface area (Å²) in [6, 6.07) is 5.20. The van der Waals surface area contributed by atoms with Gasteiger partial charge in [0.2, 0.25) is 0 Å². The monoisotopic (exact) mass is 215 g/mol. The first-order valence-corrected chi connectivity index (χ1v) is 4.77. The Hall–Kier alpha value is -0.610. The molecule has 0 amide bonds. The lowest BCUT2D eigenvalue weighted by atomic mass is 9.99. The summed E-state index contributed by atoms with van der Waals surface area (Å²) in [6.07, 6.45) is -1.93. The maximum Gasteiger partial charge on any atom is 0.106 e. The molecule has 1 aromatic rings. The Labute approximate surface area is 88.1 Å². The zero-order chi connectivity index (χ0) is 10.7. The standard InChI is InChI=1S/C10H14ClNO2/c1-6-7(3-2-4-8(6)11)10(14)9(13)5-12/h2-4,9-10,13-14H,5,12H2,1H3. The summed E-state index contributed by atoms with van der Waals surface area (Å²) in [4.78, 5) is 0. The highest BCUT2D eigenvalue weighted by Crippen LogP contribution is 2.25. The van der Waals surface area contributed by atoms with Crippen molar-refractivity contribution in [2.75, 3.05) is 6.54 Å². The van der Waals surface area contributed by atoms with Crippen molar-refractivity contribution in [3.63, 3.8) is 0 Å². The molecule has 0 spiro atoms. The van der Waals surface area contributed by atoms with Crippen molar-refractivity contribution in [3.8, 4) is 0 Å². The highest BCUT2D eigenvalue weighted by Gasteiger charge is 2.19. The minimum atomic E-state index is -0.973. The van der Waals surface area contributed by atoms with Gasteiger partial charge in [0.05, 0.1) is 6.10 Å². The van der Waals surface area contributed by atoms with Gasteiger partial charge in [0.15, 0.2) is 0 Å². The molecule has 0 saturated heterocycles.